The number of nitrogens with zero attached hydrogens (tertiary/aromatic N) is 4. The predicted molar refractivity (Wildman–Crippen MR) is 132 cm³/mol. The molecule has 172 valence electrons. The van der Waals surface area contributed by atoms with E-state index in [1.165, 1.54) is 30.6 Å². The van der Waals surface area contributed by atoms with Gasteiger partial charge in [0.2, 0.25) is 0 Å². The fraction of sp³-hybridized carbons (Fsp3) is 0.333. The number of ether oxygens (including phenoxy) is 1. The number of aliphatic hydroxyl groups is 1. The number of hydrogen-bond acceptors (Lipinski definition) is 9. The van der Waals surface area contributed by atoms with Crippen LogP contribution in [0.2, 0.25) is 0 Å². The Bertz CT molecular complexity index is 1190. The van der Waals surface area contributed by atoms with Gasteiger partial charge in [-0.3, -0.25) is 9.97 Å². The van der Waals surface area contributed by atoms with Crippen LogP contribution < -0.4 is 15.8 Å². The summed E-state index contributed by atoms with van der Waals surface area (Å²) in [4.78, 5) is 17.3. The number of aliphatic hydroxyl groups excluding tert-OH is 1. The second-order valence-corrected chi connectivity index (χ2v) is 8.96. The molecule has 4 N–H and O–H groups in total. The third-order valence-corrected chi connectivity index (χ3v) is 6.24. The maximum atomic E-state index is 8.91. The number of nitrogens with two attached hydrogens (primary N) is 1. The van der Waals surface area contributed by atoms with Crippen LogP contribution >= 0.6 is 11.3 Å². The van der Waals surface area contributed by atoms with Gasteiger partial charge in [0.05, 0.1) is 47.7 Å². The Morgan fingerprint density at radius 2 is 1.88 bits per heavy atom. The number of anilines is 2. The van der Waals surface area contributed by atoms with Gasteiger partial charge in [0.15, 0.2) is 5.13 Å². The average molecular weight is 465 g/mol. The number of rotatable bonds is 5. The molecule has 3 aromatic heterocycles. The van der Waals surface area contributed by atoms with Gasteiger partial charge < -0.3 is 20.9 Å². The van der Waals surface area contributed by atoms with Crippen molar-refractivity contribution >= 4 is 32.5 Å². The number of fused-ring (bicyclic) bond motifs is 1. The Hall–Kier alpha value is -3.30. The lowest BCUT2D eigenvalue weighted by Gasteiger charge is -2.14. The lowest BCUT2D eigenvalue weighted by Crippen LogP contribution is -2.09. The fourth-order valence-electron chi connectivity index (χ4n) is 3.63. The first kappa shape index (κ1) is 22.9. The molecule has 0 unspecified atom stereocenters. The molecule has 1 saturated carbocycles. The molecule has 0 amide bonds. The number of nitrogen functional groups attached to an aromatic ring is 1. The van der Waals surface area contributed by atoms with Gasteiger partial charge in [-0.1, -0.05) is 36.7 Å². The molecule has 3 heterocycles. The molecule has 0 bridgehead atoms. The highest BCUT2D eigenvalue weighted by atomic mass is 32.1. The summed E-state index contributed by atoms with van der Waals surface area (Å²) >= 11 is 1.48. The summed E-state index contributed by atoms with van der Waals surface area (Å²) < 4.78 is 6.28. The van der Waals surface area contributed by atoms with Crippen molar-refractivity contribution in [1.82, 2.24) is 19.9 Å². The molecule has 8 nitrogen and oxygen atoms in total. The third kappa shape index (κ3) is 6.36. The zero-order valence-corrected chi connectivity index (χ0v) is 19.4. The highest BCUT2D eigenvalue weighted by Gasteiger charge is 2.08. The Morgan fingerprint density at radius 3 is 2.64 bits per heavy atom. The second-order valence-electron chi connectivity index (χ2n) is 7.90. The number of methoxy groups -OCH3 is 1. The minimum absolute atomic E-state index is 0.0359. The Morgan fingerprint density at radius 1 is 1.06 bits per heavy atom. The Labute approximate surface area is 196 Å². The quantitative estimate of drug-likeness (QED) is 0.390. The minimum Gasteiger partial charge on any atom is -0.495 e. The first-order chi connectivity index (χ1) is 16.1. The largest absolute Gasteiger partial charge is 0.495 e. The summed E-state index contributed by atoms with van der Waals surface area (Å²) in [7, 11) is 1.61. The van der Waals surface area contributed by atoms with Crippen molar-refractivity contribution in [2.24, 2.45) is 0 Å². The van der Waals surface area contributed by atoms with Crippen molar-refractivity contribution in [3.8, 4) is 17.0 Å². The monoisotopic (exact) mass is 464 g/mol. The third-order valence-electron chi connectivity index (χ3n) is 5.40. The Balaban J connectivity index is 0.000000318. The number of pyridine rings is 1. The molecule has 9 heteroatoms. The number of thiazole rings is 1. The number of nitrogens with one attached hydrogen (secondary N) is 1. The van der Waals surface area contributed by atoms with Crippen LogP contribution in [0, 0.1) is 0 Å². The standard InChI is InChI=1S/C18H16N6OS.C6H12O/c1-25-13-5-12(7-20-8-13)15-9-21-10-17(23-15)22-6-11-2-3-14-16(4-11)26-18(19)24-14;7-6-4-2-1-3-5-6/h2-5,7-10H,6H2,1H3,(H2,19,24)(H,22,23);6-7H,1-5H2. The molecule has 0 spiro atoms. The van der Waals surface area contributed by atoms with Gasteiger partial charge >= 0.3 is 0 Å². The molecular formula is C24H28N6O2S. The summed E-state index contributed by atoms with van der Waals surface area (Å²) in [6, 6.07) is 7.96. The van der Waals surface area contributed by atoms with E-state index in [-0.39, 0.29) is 6.10 Å². The number of hydrogen-bond donors (Lipinski definition) is 3. The molecular weight excluding hydrogens is 436 g/mol. The molecule has 4 aromatic rings. The zero-order valence-electron chi connectivity index (χ0n) is 18.6. The number of aromatic nitrogens is 4. The van der Waals surface area contributed by atoms with E-state index in [0.717, 1.165) is 39.9 Å². The van der Waals surface area contributed by atoms with Crippen LogP contribution in [0.5, 0.6) is 5.75 Å². The van der Waals surface area contributed by atoms with Gasteiger partial charge in [0.1, 0.15) is 11.6 Å². The van der Waals surface area contributed by atoms with Crippen molar-refractivity contribution in [1.29, 1.82) is 0 Å². The van der Waals surface area contributed by atoms with Gasteiger partial charge in [-0.2, -0.15) is 0 Å². The van der Waals surface area contributed by atoms with Gasteiger partial charge in [-0.25, -0.2) is 9.97 Å². The molecule has 0 aliphatic heterocycles. The van der Waals surface area contributed by atoms with E-state index in [0.29, 0.717) is 23.2 Å². The molecule has 0 radical (unpaired) electrons. The van der Waals surface area contributed by atoms with Crippen LogP contribution in [-0.2, 0) is 6.54 Å². The lowest BCUT2D eigenvalue weighted by atomic mass is 9.98. The van der Waals surface area contributed by atoms with E-state index in [1.807, 2.05) is 18.2 Å². The molecule has 1 fully saturated rings. The Kier molecular flexibility index (Phi) is 7.64. The number of benzene rings is 1. The molecule has 33 heavy (non-hydrogen) atoms. The van der Waals surface area contributed by atoms with E-state index in [2.05, 4.69) is 31.3 Å². The molecule has 1 aromatic carbocycles. The highest BCUT2D eigenvalue weighted by molar-refractivity contribution is 7.22. The van der Waals surface area contributed by atoms with Crippen molar-refractivity contribution in [2.45, 2.75) is 44.8 Å². The minimum atomic E-state index is 0.0359. The second kappa shape index (κ2) is 11.0. The van der Waals surface area contributed by atoms with Gasteiger partial charge in [-0.15, -0.1) is 0 Å². The smallest absolute Gasteiger partial charge is 0.181 e. The van der Waals surface area contributed by atoms with Crippen molar-refractivity contribution < 1.29 is 9.84 Å². The van der Waals surface area contributed by atoms with Gasteiger partial charge in [0, 0.05) is 18.3 Å². The van der Waals surface area contributed by atoms with Crippen LogP contribution in [0.15, 0.2) is 49.1 Å². The SMILES string of the molecule is COc1cncc(-c2cncc(NCc3ccc4nc(N)sc4c3)n2)c1.OC1CCCCC1. The first-order valence-corrected chi connectivity index (χ1v) is 11.8. The van der Waals surface area contributed by atoms with Crippen LogP contribution in [0.25, 0.3) is 21.5 Å². The molecule has 1 aliphatic carbocycles. The maximum Gasteiger partial charge on any atom is 0.181 e. The molecule has 1 aliphatic rings. The summed E-state index contributed by atoms with van der Waals surface area (Å²) in [5.74, 6) is 1.37. The topological polar surface area (TPSA) is 119 Å². The van der Waals surface area contributed by atoms with Crippen LogP contribution in [0.1, 0.15) is 37.7 Å². The van der Waals surface area contributed by atoms with Gasteiger partial charge in [-0.05, 0) is 36.6 Å². The maximum absolute atomic E-state index is 8.91. The summed E-state index contributed by atoms with van der Waals surface area (Å²) in [6.45, 7) is 0.627. The normalized spacial score (nSPS) is 13.9. The highest BCUT2D eigenvalue weighted by Crippen LogP contribution is 2.25. The molecule has 0 saturated heterocycles. The van der Waals surface area contributed by atoms with Crippen molar-refractivity contribution in [3.05, 3.63) is 54.6 Å². The van der Waals surface area contributed by atoms with E-state index < -0.39 is 0 Å². The molecule has 0 atom stereocenters. The summed E-state index contributed by atoms with van der Waals surface area (Å²) in [6.07, 6.45) is 12.7. The predicted octanol–water partition coefficient (Wildman–Crippen LogP) is 4.66. The average Bonchev–Trinajstić information content (AvgIpc) is 3.23. The lowest BCUT2D eigenvalue weighted by molar-refractivity contribution is 0.130. The van der Waals surface area contributed by atoms with E-state index in [9.17, 15) is 0 Å². The van der Waals surface area contributed by atoms with Crippen LogP contribution in [0.4, 0.5) is 10.9 Å². The first-order valence-electron chi connectivity index (χ1n) is 11.0. The van der Waals surface area contributed by atoms with Crippen LogP contribution in [-0.4, -0.2) is 38.3 Å². The fourth-order valence-corrected chi connectivity index (χ4v) is 4.43. The summed E-state index contributed by atoms with van der Waals surface area (Å²) in [5.41, 5.74) is 9.38. The van der Waals surface area contributed by atoms with Crippen molar-refractivity contribution in [2.75, 3.05) is 18.2 Å². The van der Waals surface area contributed by atoms with Crippen LogP contribution in [0.3, 0.4) is 0 Å². The van der Waals surface area contributed by atoms with Crippen molar-refractivity contribution in [3.63, 3.8) is 0 Å². The zero-order chi connectivity index (χ0) is 23.0. The summed E-state index contributed by atoms with van der Waals surface area (Å²) in [5, 5.41) is 12.8. The molecule has 5 rings (SSSR count). The van der Waals surface area contributed by atoms with E-state index in [4.69, 9.17) is 15.6 Å². The van der Waals surface area contributed by atoms with E-state index in [1.54, 1.807) is 31.9 Å². The van der Waals surface area contributed by atoms with Gasteiger partial charge in [0.25, 0.3) is 0 Å². The van der Waals surface area contributed by atoms with E-state index >= 15 is 0 Å².